The number of rotatable bonds is 7. The Morgan fingerprint density at radius 2 is 1.79 bits per heavy atom. The minimum atomic E-state index is -0.0681. The fraction of sp³-hybridized carbons (Fsp3) is 0.619. The molecule has 28 heavy (non-hydrogen) atoms. The lowest BCUT2D eigenvalue weighted by molar-refractivity contribution is -0.133. The van der Waals surface area contributed by atoms with Gasteiger partial charge in [0.15, 0.2) is 5.78 Å². The van der Waals surface area contributed by atoms with E-state index < -0.39 is 0 Å². The third kappa shape index (κ3) is 5.19. The Bertz CT molecular complexity index is 712. The van der Waals surface area contributed by atoms with Gasteiger partial charge in [0.25, 0.3) is 0 Å². The van der Waals surface area contributed by atoms with Crippen LogP contribution in [0.1, 0.15) is 49.9 Å². The highest BCUT2D eigenvalue weighted by atomic mass is 35.5. The van der Waals surface area contributed by atoms with Gasteiger partial charge in [-0.25, -0.2) is 0 Å². The van der Waals surface area contributed by atoms with E-state index in [9.17, 15) is 9.59 Å². The van der Waals surface area contributed by atoms with Crippen molar-refractivity contribution in [2.24, 2.45) is 5.92 Å². The van der Waals surface area contributed by atoms with Gasteiger partial charge >= 0.3 is 0 Å². The summed E-state index contributed by atoms with van der Waals surface area (Å²) in [4.78, 5) is 29.3. The Hall–Kier alpha value is -1.30. The zero-order valence-electron chi connectivity index (χ0n) is 16.9. The SMILES string of the molecule is COc1ccc(C(=O)CCC(=O)N2CCN(C(C)(C)C3CC3)CC2)cc1Cl.Cl. The van der Waals surface area contributed by atoms with Crippen molar-refractivity contribution in [3.05, 3.63) is 28.8 Å². The number of ketones is 1. The number of Topliss-reactive ketones (excluding diaryl/α,β-unsaturated/α-hetero) is 1. The van der Waals surface area contributed by atoms with Crippen molar-refractivity contribution in [3.8, 4) is 5.75 Å². The maximum absolute atomic E-state index is 12.5. The monoisotopic (exact) mass is 428 g/mol. The molecule has 0 unspecified atom stereocenters. The number of hydrogen-bond acceptors (Lipinski definition) is 4. The first-order chi connectivity index (χ1) is 12.8. The Kier molecular flexibility index (Phi) is 7.77. The van der Waals surface area contributed by atoms with E-state index in [0.29, 0.717) is 16.3 Å². The average Bonchev–Trinajstić information content (AvgIpc) is 3.51. The van der Waals surface area contributed by atoms with E-state index in [2.05, 4.69) is 18.7 Å². The van der Waals surface area contributed by atoms with Crippen LogP contribution in [-0.2, 0) is 4.79 Å². The van der Waals surface area contributed by atoms with Crippen LogP contribution in [0.4, 0.5) is 0 Å². The summed E-state index contributed by atoms with van der Waals surface area (Å²) in [5, 5.41) is 0.407. The van der Waals surface area contributed by atoms with Crippen LogP contribution >= 0.6 is 24.0 Å². The molecule has 2 fully saturated rings. The van der Waals surface area contributed by atoms with E-state index in [1.54, 1.807) is 18.2 Å². The summed E-state index contributed by atoms with van der Waals surface area (Å²) in [5.41, 5.74) is 0.753. The van der Waals surface area contributed by atoms with E-state index in [0.717, 1.165) is 32.1 Å². The first-order valence-corrected chi connectivity index (χ1v) is 10.1. The average molecular weight is 429 g/mol. The number of benzene rings is 1. The molecule has 2 aliphatic rings. The smallest absolute Gasteiger partial charge is 0.223 e. The molecule has 7 heteroatoms. The molecule has 1 aromatic rings. The summed E-state index contributed by atoms with van der Waals surface area (Å²) in [5.74, 6) is 1.33. The Labute approximate surface area is 178 Å². The molecule has 0 bridgehead atoms. The highest BCUT2D eigenvalue weighted by Crippen LogP contribution is 2.43. The second kappa shape index (κ2) is 9.47. The molecule has 1 aliphatic carbocycles. The lowest BCUT2D eigenvalue weighted by Gasteiger charge is -2.44. The van der Waals surface area contributed by atoms with Gasteiger partial charge in [0.05, 0.1) is 12.1 Å². The number of nitrogens with zero attached hydrogens (tertiary/aromatic N) is 2. The van der Waals surface area contributed by atoms with Crippen LogP contribution in [0.3, 0.4) is 0 Å². The van der Waals surface area contributed by atoms with Crippen LogP contribution in [0.15, 0.2) is 18.2 Å². The topological polar surface area (TPSA) is 49.9 Å². The molecule has 156 valence electrons. The molecule has 0 radical (unpaired) electrons. The molecule has 1 saturated carbocycles. The van der Waals surface area contributed by atoms with Crippen LogP contribution in [0.25, 0.3) is 0 Å². The van der Waals surface area contributed by atoms with Gasteiger partial charge in [0.1, 0.15) is 5.75 Å². The number of piperazine rings is 1. The lowest BCUT2D eigenvalue weighted by Crippen LogP contribution is -2.56. The van der Waals surface area contributed by atoms with Crippen molar-refractivity contribution in [3.63, 3.8) is 0 Å². The predicted molar refractivity (Wildman–Crippen MR) is 114 cm³/mol. The molecule has 1 heterocycles. The number of carbonyl (C=O) groups is 2. The second-order valence-electron chi connectivity index (χ2n) is 8.07. The molecule has 0 atom stereocenters. The third-order valence-corrected chi connectivity index (χ3v) is 6.36. The molecule has 1 aromatic carbocycles. The molecular formula is C21H30Cl2N2O3. The fourth-order valence-electron chi connectivity index (χ4n) is 3.94. The Morgan fingerprint density at radius 1 is 1.14 bits per heavy atom. The molecule has 0 aromatic heterocycles. The molecule has 0 N–H and O–H groups in total. The van der Waals surface area contributed by atoms with Gasteiger partial charge in [-0.2, -0.15) is 0 Å². The molecule has 5 nitrogen and oxygen atoms in total. The van der Waals surface area contributed by atoms with Crippen LogP contribution < -0.4 is 4.74 Å². The zero-order valence-corrected chi connectivity index (χ0v) is 18.4. The minimum absolute atomic E-state index is 0. The summed E-state index contributed by atoms with van der Waals surface area (Å²) in [7, 11) is 1.53. The number of amides is 1. The van der Waals surface area contributed by atoms with Crippen LogP contribution in [0, 0.1) is 5.92 Å². The van der Waals surface area contributed by atoms with E-state index in [1.165, 1.54) is 20.0 Å². The van der Waals surface area contributed by atoms with Crippen molar-refractivity contribution in [1.82, 2.24) is 9.80 Å². The van der Waals surface area contributed by atoms with Gasteiger partial charge < -0.3 is 9.64 Å². The number of methoxy groups -OCH3 is 1. The highest BCUT2D eigenvalue weighted by molar-refractivity contribution is 6.32. The Morgan fingerprint density at radius 3 is 2.32 bits per heavy atom. The summed E-state index contributed by atoms with van der Waals surface area (Å²) < 4.78 is 5.10. The van der Waals surface area contributed by atoms with E-state index in [-0.39, 0.29) is 42.5 Å². The zero-order chi connectivity index (χ0) is 19.6. The normalized spacial score (nSPS) is 17.8. The van der Waals surface area contributed by atoms with E-state index in [4.69, 9.17) is 16.3 Å². The van der Waals surface area contributed by atoms with Gasteiger partial charge in [-0.05, 0) is 50.8 Å². The standard InChI is InChI=1S/C21H29ClN2O3.ClH/c1-21(2,16-5-6-16)24-12-10-23(11-13-24)20(26)9-7-18(25)15-4-8-19(27-3)17(22)14-15;/h4,8,14,16H,5-7,9-13H2,1-3H3;1H. The van der Waals surface area contributed by atoms with Gasteiger partial charge in [-0.1, -0.05) is 11.6 Å². The van der Waals surface area contributed by atoms with Crippen molar-refractivity contribution in [1.29, 1.82) is 0 Å². The first kappa shape index (κ1) is 23.0. The summed E-state index contributed by atoms with van der Waals surface area (Å²) in [6.45, 7) is 7.96. The highest BCUT2D eigenvalue weighted by Gasteiger charge is 2.42. The largest absolute Gasteiger partial charge is 0.495 e. The molecule has 0 spiro atoms. The molecule has 1 aliphatic heterocycles. The van der Waals surface area contributed by atoms with Gasteiger partial charge in [0.2, 0.25) is 5.91 Å². The lowest BCUT2D eigenvalue weighted by atomic mass is 9.95. The van der Waals surface area contributed by atoms with E-state index >= 15 is 0 Å². The van der Waals surface area contributed by atoms with E-state index in [1.807, 2.05) is 4.90 Å². The van der Waals surface area contributed by atoms with Crippen molar-refractivity contribution < 1.29 is 14.3 Å². The van der Waals surface area contributed by atoms with Crippen LogP contribution in [-0.4, -0.2) is 60.3 Å². The number of carbonyl (C=O) groups excluding carboxylic acids is 2. The van der Waals surface area contributed by atoms with Gasteiger partial charge in [0, 0.05) is 50.1 Å². The minimum Gasteiger partial charge on any atom is -0.495 e. The molecular weight excluding hydrogens is 399 g/mol. The quantitative estimate of drug-likeness (QED) is 0.614. The molecule has 1 amide bonds. The predicted octanol–water partition coefficient (Wildman–Crippen LogP) is 4.07. The van der Waals surface area contributed by atoms with Crippen molar-refractivity contribution in [2.45, 2.75) is 45.1 Å². The maximum atomic E-state index is 12.5. The molecule has 1 saturated heterocycles. The third-order valence-electron chi connectivity index (χ3n) is 6.06. The number of hydrogen-bond donors (Lipinski definition) is 0. The molecule has 3 rings (SSSR count). The van der Waals surface area contributed by atoms with Gasteiger partial charge in [-0.15, -0.1) is 12.4 Å². The summed E-state index contributed by atoms with van der Waals surface area (Å²) in [6, 6.07) is 4.97. The number of halogens is 2. The number of ether oxygens (including phenoxy) is 1. The first-order valence-electron chi connectivity index (χ1n) is 9.72. The summed E-state index contributed by atoms with van der Waals surface area (Å²) in [6.07, 6.45) is 3.09. The van der Waals surface area contributed by atoms with Crippen LogP contribution in [0.2, 0.25) is 5.02 Å². The second-order valence-corrected chi connectivity index (χ2v) is 8.48. The Balaban J connectivity index is 0.00000280. The summed E-state index contributed by atoms with van der Waals surface area (Å²) >= 11 is 6.08. The van der Waals surface area contributed by atoms with Crippen molar-refractivity contribution >= 4 is 35.7 Å². The van der Waals surface area contributed by atoms with Gasteiger partial charge in [-0.3, -0.25) is 14.5 Å². The van der Waals surface area contributed by atoms with Crippen molar-refractivity contribution in [2.75, 3.05) is 33.3 Å². The maximum Gasteiger partial charge on any atom is 0.223 e. The van der Waals surface area contributed by atoms with Crippen LogP contribution in [0.5, 0.6) is 5.75 Å². The fourth-order valence-corrected chi connectivity index (χ4v) is 4.20.